The highest BCUT2D eigenvalue weighted by atomic mass is 19.1. The third-order valence-electron chi connectivity index (χ3n) is 8.47. The highest BCUT2D eigenvalue weighted by Crippen LogP contribution is 2.52. The van der Waals surface area contributed by atoms with Crippen LogP contribution in [0.2, 0.25) is 0 Å². The maximum Gasteiger partial charge on any atom is 0.158 e. The Morgan fingerprint density at radius 1 is 1.08 bits per heavy atom. The second-order valence-electron chi connectivity index (χ2n) is 11.6. The van der Waals surface area contributed by atoms with Crippen LogP contribution in [0, 0.1) is 23.7 Å². The fourth-order valence-corrected chi connectivity index (χ4v) is 6.36. The molecule has 36 heavy (non-hydrogen) atoms. The fraction of sp³-hybridized carbons (Fsp3) is 0.800. The van der Waals surface area contributed by atoms with Gasteiger partial charge < -0.3 is 24.1 Å². The van der Waals surface area contributed by atoms with Gasteiger partial charge in [-0.3, -0.25) is 0 Å². The maximum absolute atomic E-state index is 14.3. The number of hydrogen-bond acceptors (Lipinski definition) is 5. The molecule has 4 aliphatic rings. The molecule has 6 heteroatoms. The van der Waals surface area contributed by atoms with Crippen molar-refractivity contribution in [1.82, 2.24) is 0 Å². The molecule has 4 fully saturated rings. The SMILES string of the molecule is CC(C)=CCC(C)[C@@H](/C=C/[C@@H]1[C@H]2CC(=C(F)CO)C[C@H]2C[C@H]1OC1CCCCO1)OC1CCCCO1. The highest BCUT2D eigenvalue weighted by molar-refractivity contribution is 5.21. The molecule has 2 heterocycles. The van der Waals surface area contributed by atoms with Crippen molar-refractivity contribution >= 4 is 0 Å². The Labute approximate surface area is 217 Å². The number of halogens is 1. The first kappa shape index (κ1) is 28.0. The molecule has 2 aliphatic heterocycles. The van der Waals surface area contributed by atoms with E-state index in [0.717, 1.165) is 76.6 Å². The monoisotopic (exact) mass is 506 g/mol. The van der Waals surface area contributed by atoms with E-state index in [1.165, 1.54) is 5.57 Å². The Kier molecular flexibility index (Phi) is 10.6. The van der Waals surface area contributed by atoms with Gasteiger partial charge in [0, 0.05) is 19.1 Å². The minimum Gasteiger partial charge on any atom is -0.389 e. The maximum atomic E-state index is 14.3. The van der Waals surface area contributed by atoms with Crippen LogP contribution in [-0.2, 0) is 18.9 Å². The zero-order valence-electron chi connectivity index (χ0n) is 22.5. The second kappa shape index (κ2) is 13.7. The van der Waals surface area contributed by atoms with Crippen molar-refractivity contribution in [3.63, 3.8) is 0 Å². The molecule has 8 atom stereocenters. The largest absolute Gasteiger partial charge is 0.389 e. The first-order chi connectivity index (χ1) is 17.4. The van der Waals surface area contributed by atoms with E-state index in [-0.39, 0.29) is 36.5 Å². The summed E-state index contributed by atoms with van der Waals surface area (Å²) in [4.78, 5) is 0. The molecule has 3 unspecified atom stereocenters. The van der Waals surface area contributed by atoms with Crippen LogP contribution in [0.3, 0.4) is 0 Å². The summed E-state index contributed by atoms with van der Waals surface area (Å²) in [6, 6.07) is 0. The lowest BCUT2D eigenvalue weighted by atomic mass is 9.89. The van der Waals surface area contributed by atoms with Crippen molar-refractivity contribution in [2.75, 3.05) is 19.8 Å². The van der Waals surface area contributed by atoms with Crippen LogP contribution in [-0.4, -0.2) is 49.7 Å². The van der Waals surface area contributed by atoms with Crippen molar-refractivity contribution in [3.05, 3.63) is 35.2 Å². The topological polar surface area (TPSA) is 57.2 Å². The Hall–Kier alpha value is -1.05. The molecule has 1 N–H and O–H groups in total. The fourth-order valence-electron chi connectivity index (χ4n) is 6.36. The molecule has 0 amide bonds. The lowest BCUT2D eigenvalue weighted by Crippen LogP contribution is -2.32. The molecule has 5 nitrogen and oxygen atoms in total. The molecule has 204 valence electrons. The van der Waals surface area contributed by atoms with Gasteiger partial charge in [-0.2, -0.15) is 0 Å². The van der Waals surface area contributed by atoms with E-state index in [0.29, 0.717) is 24.2 Å². The summed E-state index contributed by atoms with van der Waals surface area (Å²) in [5.74, 6) is 0.849. The number of fused-ring (bicyclic) bond motifs is 1. The molecule has 0 aromatic rings. The van der Waals surface area contributed by atoms with Crippen LogP contribution in [0.25, 0.3) is 0 Å². The summed E-state index contributed by atoms with van der Waals surface area (Å²) in [7, 11) is 0. The van der Waals surface area contributed by atoms with E-state index in [4.69, 9.17) is 18.9 Å². The zero-order chi connectivity index (χ0) is 25.5. The molecule has 2 aliphatic carbocycles. The Balaban J connectivity index is 1.51. The molecule has 0 bridgehead atoms. The van der Waals surface area contributed by atoms with Crippen LogP contribution in [0.5, 0.6) is 0 Å². The lowest BCUT2D eigenvalue weighted by molar-refractivity contribution is -0.193. The lowest BCUT2D eigenvalue weighted by Gasteiger charge is -2.31. The van der Waals surface area contributed by atoms with Gasteiger partial charge in [-0.25, -0.2) is 4.39 Å². The van der Waals surface area contributed by atoms with Gasteiger partial charge in [0.2, 0.25) is 0 Å². The normalized spacial score (nSPS) is 36.0. The molecule has 4 rings (SSSR count). The predicted molar refractivity (Wildman–Crippen MR) is 139 cm³/mol. The van der Waals surface area contributed by atoms with E-state index in [1.54, 1.807) is 0 Å². The second-order valence-corrected chi connectivity index (χ2v) is 11.6. The van der Waals surface area contributed by atoms with Crippen molar-refractivity contribution in [2.24, 2.45) is 23.7 Å². The molecule has 0 aromatic heterocycles. The van der Waals surface area contributed by atoms with Gasteiger partial charge in [-0.15, -0.1) is 0 Å². The Bertz CT molecular complexity index is 776. The van der Waals surface area contributed by atoms with Crippen LogP contribution >= 0.6 is 0 Å². The Morgan fingerprint density at radius 3 is 2.44 bits per heavy atom. The van der Waals surface area contributed by atoms with E-state index in [9.17, 15) is 9.50 Å². The zero-order valence-corrected chi connectivity index (χ0v) is 22.5. The quantitative estimate of drug-likeness (QED) is 0.338. The van der Waals surface area contributed by atoms with E-state index in [2.05, 4.69) is 39.0 Å². The number of rotatable bonds is 10. The molecule has 2 saturated carbocycles. The van der Waals surface area contributed by atoms with Crippen LogP contribution in [0.1, 0.15) is 85.0 Å². The number of ether oxygens (including phenoxy) is 4. The van der Waals surface area contributed by atoms with Crippen molar-refractivity contribution in [2.45, 2.75) is 110 Å². The molecule has 0 aromatic carbocycles. The average Bonchev–Trinajstić information content (AvgIpc) is 3.44. The van der Waals surface area contributed by atoms with Crippen LogP contribution in [0.15, 0.2) is 35.2 Å². The third kappa shape index (κ3) is 7.50. The summed E-state index contributed by atoms with van der Waals surface area (Å²) in [6.07, 6.45) is 16.2. The smallest absolute Gasteiger partial charge is 0.158 e. The van der Waals surface area contributed by atoms with Gasteiger partial charge in [0.05, 0.1) is 18.8 Å². The molecule has 0 spiro atoms. The molecular weight excluding hydrogens is 459 g/mol. The van der Waals surface area contributed by atoms with E-state index < -0.39 is 6.61 Å². The minimum atomic E-state index is -0.496. The summed E-state index contributed by atoms with van der Waals surface area (Å²) < 4.78 is 39.2. The van der Waals surface area contributed by atoms with Crippen LogP contribution < -0.4 is 0 Å². The van der Waals surface area contributed by atoms with Crippen molar-refractivity contribution < 1.29 is 28.4 Å². The summed E-state index contributed by atoms with van der Waals surface area (Å²) >= 11 is 0. The first-order valence-corrected chi connectivity index (χ1v) is 14.3. The standard InChI is InChI=1S/C30H47FO5/c1-20(2)10-11-21(3)27(35-29-8-4-6-14-33-29)13-12-24-25-17-23(26(31)19-32)16-22(25)18-28(24)36-30-9-5-7-15-34-30/h10,12-13,21-22,24-25,27-30,32H,4-9,11,14-19H2,1-3H3/b13-12+,26-23?/t21?,22-,24+,25-,27+,28+,29?,30?/m0/s1. The van der Waals surface area contributed by atoms with E-state index >= 15 is 0 Å². The summed E-state index contributed by atoms with van der Waals surface area (Å²) in [5.41, 5.74) is 2.10. The van der Waals surface area contributed by atoms with Gasteiger partial charge in [-0.1, -0.05) is 30.7 Å². The van der Waals surface area contributed by atoms with E-state index in [1.807, 2.05) is 0 Å². The first-order valence-electron chi connectivity index (χ1n) is 14.3. The number of aliphatic hydroxyl groups excluding tert-OH is 1. The third-order valence-corrected chi connectivity index (χ3v) is 8.47. The summed E-state index contributed by atoms with van der Waals surface area (Å²) in [6.45, 7) is 7.54. The number of allylic oxidation sites excluding steroid dienone is 3. The average molecular weight is 507 g/mol. The van der Waals surface area contributed by atoms with Gasteiger partial charge in [0.25, 0.3) is 0 Å². The predicted octanol–water partition coefficient (Wildman–Crippen LogP) is 6.62. The molecule has 2 saturated heterocycles. The minimum absolute atomic E-state index is 0.0556. The summed E-state index contributed by atoms with van der Waals surface area (Å²) in [5, 5.41) is 9.35. The van der Waals surface area contributed by atoms with Gasteiger partial charge in [-0.05, 0) is 101 Å². The van der Waals surface area contributed by atoms with Gasteiger partial charge >= 0.3 is 0 Å². The number of hydrogen-bond donors (Lipinski definition) is 1. The molecular formula is C30H47FO5. The Morgan fingerprint density at radius 2 is 1.81 bits per heavy atom. The highest BCUT2D eigenvalue weighted by Gasteiger charge is 2.48. The molecule has 0 radical (unpaired) electrons. The van der Waals surface area contributed by atoms with Gasteiger partial charge in [0.15, 0.2) is 12.6 Å². The van der Waals surface area contributed by atoms with Crippen LogP contribution in [0.4, 0.5) is 4.39 Å². The van der Waals surface area contributed by atoms with Gasteiger partial charge in [0.1, 0.15) is 5.83 Å². The van der Waals surface area contributed by atoms with Crippen molar-refractivity contribution in [3.8, 4) is 0 Å². The number of aliphatic hydroxyl groups is 1. The van der Waals surface area contributed by atoms with Crippen molar-refractivity contribution in [1.29, 1.82) is 0 Å².